The Hall–Kier alpha value is -1.05. The van der Waals surface area contributed by atoms with Crippen molar-refractivity contribution in [3.63, 3.8) is 0 Å². The van der Waals surface area contributed by atoms with Gasteiger partial charge in [-0.3, -0.25) is 0 Å². The first-order chi connectivity index (χ1) is 19.8. The van der Waals surface area contributed by atoms with Gasteiger partial charge in [0.15, 0.2) is 0 Å². The third-order valence-electron chi connectivity index (χ3n) is 9.00. The second-order valence-electron chi connectivity index (χ2n) is 16.1. The van der Waals surface area contributed by atoms with Crippen LogP contribution in [-0.2, 0) is 21.0 Å². The molecule has 0 N–H and O–H groups in total. The number of aryl methyl sites for hydroxylation is 3. The number of hydrogen-bond acceptors (Lipinski definition) is 4. The van der Waals surface area contributed by atoms with Gasteiger partial charge in [0.25, 0.3) is 0 Å². The molecule has 1 aliphatic heterocycles. The Morgan fingerprint density at radius 2 is 0.864 bits per heavy atom. The van der Waals surface area contributed by atoms with E-state index in [4.69, 9.17) is 20.0 Å². The molecule has 1 fully saturated rings. The molecule has 4 rings (SSSR count). The molecule has 0 unspecified atom stereocenters. The molecule has 10 heteroatoms. The molecule has 3 aromatic heterocycles. The molecule has 0 bridgehead atoms. The van der Waals surface area contributed by atoms with Gasteiger partial charge in [0.1, 0.15) is 0 Å². The number of nitrogens with zero attached hydrogens (tertiary/aromatic N) is 6. The molecule has 7 nitrogen and oxygen atoms in total. The van der Waals surface area contributed by atoms with Gasteiger partial charge in [0, 0.05) is 66.3 Å². The second kappa shape index (κ2) is 17.2. The summed E-state index contributed by atoms with van der Waals surface area (Å²) in [5.74, 6) is 0. The minimum atomic E-state index is -1.42. The topological polar surface area (TPSA) is 62.7 Å². The summed E-state index contributed by atoms with van der Waals surface area (Å²) in [6, 6.07) is 6.60. The fraction of sp³-hybridized carbons (Fsp3) is 0.735. The molecule has 1 radical (unpaired) electrons. The zero-order chi connectivity index (χ0) is 32.8. The van der Waals surface area contributed by atoms with E-state index in [9.17, 15) is 0 Å². The van der Waals surface area contributed by atoms with Crippen molar-refractivity contribution in [1.82, 2.24) is 29.1 Å². The maximum absolute atomic E-state index is 5.09. The quantitative estimate of drug-likeness (QED) is 0.241. The molecular formula is C34H64B2N6OTm-2. The van der Waals surface area contributed by atoms with Crippen molar-refractivity contribution >= 4 is 13.8 Å². The van der Waals surface area contributed by atoms with Crippen LogP contribution in [-0.4, -0.2) is 56.1 Å². The first-order valence-electron chi connectivity index (χ1n) is 17.1. The summed E-state index contributed by atoms with van der Waals surface area (Å²) in [6.07, 6.45) is 6.87. The normalized spacial score (nSPS) is 13.8. The van der Waals surface area contributed by atoms with E-state index < -0.39 is 7.12 Å². The van der Waals surface area contributed by atoms with Gasteiger partial charge in [-0.25, -0.2) is 15.3 Å². The molecular weight excluding hydrogens is 699 g/mol. The van der Waals surface area contributed by atoms with Crippen molar-refractivity contribution in [1.29, 1.82) is 0 Å². The number of aromatic nitrogens is 6. The van der Waals surface area contributed by atoms with Crippen LogP contribution in [0.1, 0.15) is 130 Å². The summed E-state index contributed by atoms with van der Waals surface area (Å²) >= 11 is 0. The van der Waals surface area contributed by atoms with Crippen molar-refractivity contribution in [2.24, 2.45) is 0 Å². The maximum Gasteiger partial charge on any atom is 0.326 e. The average molecular weight is 763 g/mol. The molecule has 0 spiro atoms. The van der Waals surface area contributed by atoms with Gasteiger partial charge in [-0.05, 0) is 75.6 Å². The van der Waals surface area contributed by atoms with Crippen LogP contribution >= 0.6 is 0 Å². The molecule has 0 amide bonds. The third kappa shape index (κ3) is 11.3. The third-order valence-corrected chi connectivity index (χ3v) is 9.00. The van der Waals surface area contributed by atoms with Crippen molar-refractivity contribution < 1.29 is 41.6 Å². The van der Waals surface area contributed by atoms with Crippen LogP contribution in [0.3, 0.4) is 0 Å². The second-order valence-corrected chi connectivity index (χ2v) is 16.1. The Bertz CT molecular complexity index is 1120. The Labute approximate surface area is 300 Å². The van der Waals surface area contributed by atoms with Crippen molar-refractivity contribution in [2.45, 2.75) is 152 Å². The molecule has 3 aromatic rings. The van der Waals surface area contributed by atoms with Gasteiger partial charge in [-0.1, -0.05) is 83.1 Å². The van der Waals surface area contributed by atoms with Crippen LogP contribution in [0.5, 0.6) is 0 Å². The van der Waals surface area contributed by atoms with E-state index >= 15 is 0 Å². The predicted octanol–water partition coefficient (Wildman–Crippen LogP) is 7.83. The van der Waals surface area contributed by atoms with Gasteiger partial charge in [0.2, 0.25) is 0 Å². The van der Waals surface area contributed by atoms with Crippen LogP contribution in [0.25, 0.3) is 0 Å². The average Bonchev–Trinajstić information content (AvgIpc) is 3.70. The summed E-state index contributed by atoms with van der Waals surface area (Å²) < 4.78 is 11.4. The SMILES string of the molecule is C1CCOC1.CC[BH-](CC)CC.Cc1cc(C(C)(C)C)nn1[BH-](n1nc(C(C)(C)C)cc1C)n1nc(C(C)(C)C)cc1C.[Tm]. The summed E-state index contributed by atoms with van der Waals surface area (Å²) in [6.45, 7) is 35.4. The van der Waals surface area contributed by atoms with Gasteiger partial charge in [-0.15, -0.1) is 0 Å². The fourth-order valence-electron chi connectivity index (χ4n) is 5.44. The Balaban J connectivity index is 0.000000622. The van der Waals surface area contributed by atoms with Gasteiger partial charge >= 0.3 is 7.12 Å². The fourth-order valence-corrected chi connectivity index (χ4v) is 5.44. The smallest absolute Gasteiger partial charge is 0.326 e. The molecule has 44 heavy (non-hydrogen) atoms. The van der Waals surface area contributed by atoms with E-state index in [0.717, 1.165) is 47.4 Å². The number of hydrogen-bond donors (Lipinski definition) is 0. The molecule has 0 aliphatic carbocycles. The molecule has 0 saturated carbocycles. The minimum Gasteiger partial charge on any atom is -0.400 e. The van der Waals surface area contributed by atoms with Crippen molar-refractivity contribution in [3.8, 4) is 0 Å². The summed E-state index contributed by atoms with van der Waals surface area (Å²) in [4.78, 5) is 0. The van der Waals surface area contributed by atoms with E-state index in [1.807, 2.05) is 0 Å². The minimum absolute atomic E-state index is 0. The zero-order valence-corrected chi connectivity index (χ0v) is 32.7. The number of ether oxygens (including phenoxy) is 1. The zero-order valence-electron chi connectivity index (χ0n) is 31.0. The van der Waals surface area contributed by atoms with Crippen LogP contribution in [0, 0.1) is 57.6 Å². The standard InChI is InChI=1S/C24H40BN6.C6H16B.C4H8O.Tm/c1-16-13-19(22(4,5)6)26-29(16)25(30-17(2)14-20(27-30)23(7,8)9)31-18(3)15-21(28-31)24(10,11)12;1-4-7(5-2)6-3;1-2-4-5-3-1;/h13-15,25H,1-12H3;7H,4-6H2,1-3H3;1-4H2;/q2*-1;;. The van der Waals surface area contributed by atoms with Crippen LogP contribution in [0.15, 0.2) is 18.2 Å². The maximum atomic E-state index is 5.09. The molecule has 1 saturated heterocycles. The Morgan fingerprint density at radius 1 is 0.591 bits per heavy atom. The van der Waals surface area contributed by atoms with Crippen LogP contribution < -0.4 is 0 Å². The van der Waals surface area contributed by atoms with Gasteiger partial charge in [-0.2, -0.15) is 19.0 Å². The van der Waals surface area contributed by atoms with Crippen LogP contribution in [0.4, 0.5) is 0 Å². The monoisotopic (exact) mass is 763 g/mol. The predicted molar refractivity (Wildman–Crippen MR) is 189 cm³/mol. The molecule has 257 valence electrons. The van der Waals surface area contributed by atoms with Gasteiger partial charge in [0.05, 0.1) is 17.1 Å². The first-order valence-corrected chi connectivity index (χ1v) is 17.1. The van der Waals surface area contributed by atoms with Gasteiger partial charge < -0.3 is 18.5 Å². The van der Waals surface area contributed by atoms with Crippen LogP contribution in [0.2, 0.25) is 19.0 Å². The summed E-state index contributed by atoms with van der Waals surface area (Å²) in [7, 11) is -1.42. The van der Waals surface area contributed by atoms with E-state index in [1.54, 1.807) is 0 Å². The first kappa shape index (κ1) is 41.0. The van der Waals surface area contributed by atoms with E-state index in [-0.39, 0.29) is 53.1 Å². The van der Waals surface area contributed by atoms with E-state index in [2.05, 4.69) is 136 Å². The molecule has 4 heterocycles. The van der Waals surface area contributed by atoms with E-state index in [0.29, 0.717) is 6.71 Å². The van der Waals surface area contributed by atoms with Crippen molar-refractivity contribution in [2.75, 3.05) is 13.2 Å². The number of rotatable bonds is 6. The Kier molecular flexibility index (Phi) is 16.0. The largest absolute Gasteiger partial charge is 0.400 e. The van der Waals surface area contributed by atoms with Crippen molar-refractivity contribution in [3.05, 3.63) is 52.4 Å². The molecule has 1 aliphatic rings. The summed E-state index contributed by atoms with van der Waals surface area (Å²) in [5.41, 5.74) is 6.58. The molecule has 0 aromatic carbocycles. The Morgan fingerprint density at radius 3 is 1.00 bits per heavy atom. The molecule has 0 atom stereocenters. The summed E-state index contributed by atoms with van der Waals surface area (Å²) in [5, 5.41) is 15.3. The van der Waals surface area contributed by atoms with E-state index in [1.165, 1.54) is 31.8 Å².